The second kappa shape index (κ2) is 2.01. The van der Waals surface area contributed by atoms with Crippen molar-refractivity contribution in [3.63, 3.8) is 0 Å². The molecule has 0 heterocycles. The Morgan fingerprint density at radius 3 is 2.75 bits per heavy atom. The van der Waals surface area contributed by atoms with Crippen LogP contribution in [-0.4, -0.2) is 5.78 Å². The summed E-state index contributed by atoms with van der Waals surface area (Å²) >= 11 is 0. The first-order chi connectivity index (χ1) is 5.75. The minimum Gasteiger partial charge on any atom is -0.299 e. The fraction of sp³-hybridized carbons (Fsp3) is 0.727. The summed E-state index contributed by atoms with van der Waals surface area (Å²) in [6.45, 7) is 4.16. The summed E-state index contributed by atoms with van der Waals surface area (Å²) in [6, 6.07) is 0. The fourth-order valence-electron chi connectivity index (χ4n) is 3.54. The molecule has 0 aromatic heterocycles. The molecule has 3 saturated carbocycles. The zero-order valence-corrected chi connectivity index (χ0v) is 7.25. The third-order valence-corrected chi connectivity index (χ3v) is 4.19. The molecule has 0 spiro atoms. The van der Waals surface area contributed by atoms with Gasteiger partial charge >= 0.3 is 0 Å². The van der Waals surface area contributed by atoms with E-state index in [1.54, 1.807) is 0 Å². The molecule has 4 atom stereocenters. The summed E-state index contributed by atoms with van der Waals surface area (Å²) in [5.41, 5.74) is 1.41. The van der Waals surface area contributed by atoms with Crippen LogP contribution in [0.15, 0.2) is 12.2 Å². The lowest BCUT2D eigenvalue weighted by molar-refractivity contribution is -0.127. The van der Waals surface area contributed by atoms with E-state index in [0.717, 1.165) is 18.8 Å². The van der Waals surface area contributed by atoms with Gasteiger partial charge in [-0.1, -0.05) is 12.2 Å². The summed E-state index contributed by atoms with van der Waals surface area (Å²) in [5.74, 6) is 3.08. The zero-order chi connectivity index (χ0) is 8.29. The minimum absolute atomic E-state index is 0.421. The van der Waals surface area contributed by atoms with Crippen molar-refractivity contribution in [1.82, 2.24) is 0 Å². The van der Waals surface area contributed by atoms with Crippen LogP contribution in [0, 0.1) is 23.7 Å². The van der Waals surface area contributed by atoms with E-state index in [4.69, 9.17) is 0 Å². The SMILES string of the molecule is C=C1C2CC3CC(C2)C1CC3=O. The van der Waals surface area contributed by atoms with Crippen molar-refractivity contribution in [3.05, 3.63) is 12.2 Å². The lowest BCUT2D eigenvalue weighted by Gasteiger charge is -2.32. The lowest BCUT2D eigenvalue weighted by Crippen LogP contribution is -2.30. The third-order valence-electron chi connectivity index (χ3n) is 4.19. The predicted octanol–water partition coefficient (Wildman–Crippen LogP) is 2.18. The lowest BCUT2D eigenvalue weighted by atomic mass is 9.71. The zero-order valence-electron chi connectivity index (χ0n) is 7.25. The van der Waals surface area contributed by atoms with Gasteiger partial charge in [0.15, 0.2) is 0 Å². The molecule has 0 aliphatic heterocycles. The molecule has 0 N–H and O–H groups in total. The maximum absolute atomic E-state index is 11.5. The molecule has 12 heavy (non-hydrogen) atoms. The summed E-state index contributed by atoms with van der Waals surface area (Å²) in [7, 11) is 0. The highest BCUT2D eigenvalue weighted by Crippen LogP contribution is 2.55. The van der Waals surface area contributed by atoms with Crippen LogP contribution < -0.4 is 0 Å². The second-order valence-electron chi connectivity index (χ2n) is 4.71. The normalized spacial score (nSPS) is 50.3. The van der Waals surface area contributed by atoms with Gasteiger partial charge in [-0.3, -0.25) is 4.79 Å². The van der Waals surface area contributed by atoms with Gasteiger partial charge < -0.3 is 0 Å². The maximum Gasteiger partial charge on any atom is 0.136 e. The van der Waals surface area contributed by atoms with Crippen molar-refractivity contribution < 1.29 is 4.79 Å². The molecule has 0 amide bonds. The van der Waals surface area contributed by atoms with E-state index in [0.29, 0.717) is 23.5 Å². The molecular formula is C11H14O. The van der Waals surface area contributed by atoms with E-state index in [2.05, 4.69) is 6.58 Å². The molecule has 1 heteroatoms. The Morgan fingerprint density at radius 2 is 1.92 bits per heavy atom. The first kappa shape index (κ1) is 6.88. The molecule has 3 fully saturated rings. The largest absolute Gasteiger partial charge is 0.299 e. The molecule has 3 aliphatic rings. The summed E-state index contributed by atoms with van der Waals surface area (Å²) < 4.78 is 0. The molecule has 64 valence electrons. The second-order valence-corrected chi connectivity index (χ2v) is 4.71. The number of carbonyl (C=O) groups excluding carboxylic acids is 1. The molecule has 0 aromatic carbocycles. The van der Waals surface area contributed by atoms with Gasteiger partial charge in [-0.2, -0.15) is 0 Å². The Kier molecular flexibility index (Phi) is 1.15. The van der Waals surface area contributed by atoms with E-state index in [1.807, 2.05) is 0 Å². The van der Waals surface area contributed by atoms with Gasteiger partial charge in [-0.05, 0) is 37.0 Å². The van der Waals surface area contributed by atoms with Crippen molar-refractivity contribution in [1.29, 1.82) is 0 Å². The monoisotopic (exact) mass is 162 g/mol. The van der Waals surface area contributed by atoms with E-state index in [1.165, 1.54) is 18.4 Å². The van der Waals surface area contributed by atoms with Gasteiger partial charge in [0.1, 0.15) is 5.78 Å². The van der Waals surface area contributed by atoms with Crippen molar-refractivity contribution in [3.8, 4) is 0 Å². The molecular weight excluding hydrogens is 148 g/mol. The molecule has 3 bridgehead atoms. The average Bonchev–Trinajstić information content (AvgIpc) is 2.23. The van der Waals surface area contributed by atoms with Crippen LogP contribution >= 0.6 is 0 Å². The third kappa shape index (κ3) is 0.675. The van der Waals surface area contributed by atoms with Gasteiger partial charge in [-0.15, -0.1) is 0 Å². The highest BCUT2D eigenvalue weighted by Gasteiger charge is 2.49. The van der Waals surface area contributed by atoms with Crippen LogP contribution in [0.2, 0.25) is 0 Å². The van der Waals surface area contributed by atoms with Crippen LogP contribution in [0.5, 0.6) is 0 Å². The van der Waals surface area contributed by atoms with Crippen LogP contribution in [-0.2, 0) is 4.79 Å². The Labute approximate surface area is 72.8 Å². The highest BCUT2D eigenvalue weighted by molar-refractivity contribution is 5.83. The number of fused-ring (bicyclic) bond motifs is 2. The van der Waals surface area contributed by atoms with Gasteiger partial charge in [0, 0.05) is 12.3 Å². The maximum atomic E-state index is 11.5. The van der Waals surface area contributed by atoms with Crippen molar-refractivity contribution in [2.24, 2.45) is 23.7 Å². The van der Waals surface area contributed by atoms with Crippen molar-refractivity contribution in [2.45, 2.75) is 25.7 Å². The predicted molar refractivity (Wildman–Crippen MR) is 46.6 cm³/mol. The number of ketones is 1. The van der Waals surface area contributed by atoms with Crippen molar-refractivity contribution in [2.75, 3.05) is 0 Å². The topological polar surface area (TPSA) is 17.1 Å². The fourth-order valence-corrected chi connectivity index (χ4v) is 3.54. The minimum atomic E-state index is 0.421. The smallest absolute Gasteiger partial charge is 0.136 e. The Balaban J connectivity index is 2.05. The molecule has 4 unspecified atom stereocenters. The molecule has 1 nitrogen and oxygen atoms in total. The van der Waals surface area contributed by atoms with Crippen LogP contribution in [0.3, 0.4) is 0 Å². The van der Waals surface area contributed by atoms with E-state index < -0.39 is 0 Å². The van der Waals surface area contributed by atoms with Crippen molar-refractivity contribution >= 4 is 5.78 Å². The summed E-state index contributed by atoms with van der Waals surface area (Å²) in [6.07, 6.45) is 4.47. The molecule has 3 rings (SSSR count). The summed E-state index contributed by atoms with van der Waals surface area (Å²) in [5, 5.41) is 0. The molecule has 3 aliphatic carbocycles. The number of carbonyl (C=O) groups is 1. The van der Waals surface area contributed by atoms with Crippen LogP contribution in [0.25, 0.3) is 0 Å². The van der Waals surface area contributed by atoms with E-state index >= 15 is 0 Å². The molecule has 0 saturated heterocycles. The van der Waals surface area contributed by atoms with Gasteiger partial charge in [0.05, 0.1) is 0 Å². The molecule has 0 radical (unpaired) electrons. The first-order valence-corrected chi connectivity index (χ1v) is 4.97. The summed E-state index contributed by atoms with van der Waals surface area (Å²) in [4.78, 5) is 11.5. The van der Waals surface area contributed by atoms with Gasteiger partial charge in [0.25, 0.3) is 0 Å². The molecule has 0 aromatic rings. The van der Waals surface area contributed by atoms with Crippen LogP contribution in [0.4, 0.5) is 0 Å². The van der Waals surface area contributed by atoms with E-state index in [-0.39, 0.29) is 0 Å². The van der Waals surface area contributed by atoms with Gasteiger partial charge in [-0.25, -0.2) is 0 Å². The standard InChI is InChI=1S/C11H14O/c1-6-7-2-8-4-9(3-7)11(12)5-10(6)8/h7-10H,1-5H2. The van der Waals surface area contributed by atoms with E-state index in [9.17, 15) is 4.79 Å². The number of allylic oxidation sites excluding steroid dienone is 1. The number of hydrogen-bond donors (Lipinski definition) is 0. The Hall–Kier alpha value is -0.590. The number of Topliss-reactive ketones (excluding diaryl/α,β-unsaturated/α-hetero) is 1. The number of hydrogen-bond acceptors (Lipinski definition) is 1. The van der Waals surface area contributed by atoms with Crippen LogP contribution in [0.1, 0.15) is 25.7 Å². The van der Waals surface area contributed by atoms with Gasteiger partial charge in [0.2, 0.25) is 0 Å². The quantitative estimate of drug-likeness (QED) is 0.499. The highest BCUT2D eigenvalue weighted by atomic mass is 16.1. The Bertz CT molecular complexity index is 266. The Morgan fingerprint density at radius 1 is 1.17 bits per heavy atom. The average molecular weight is 162 g/mol. The number of rotatable bonds is 0. The first-order valence-electron chi connectivity index (χ1n) is 4.97.